The molecule has 4 nitrogen and oxygen atoms in total. The summed E-state index contributed by atoms with van der Waals surface area (Å²) in [6, 6.07) is 0.299. The molecule has 0 bridgehead atoms. The zero-order valence-corrected chi connectivity index (χ0v) is 18.1. The van der Waals surface area contributed by atoms with Crippen LogP contribution in [0.15, 0.2) is 12.7 Å². The number of rotatable bonds is 16. The van der Waals surface area contributed by atoms with Gasteiger partial charge in [-0.25, -0.2) is 0 Å². The van der Waals surface area contributed by atoms with Crippen LogP contribution >= 0.6 is 0 Å². The second kappa shape index (κ2) is 15.1. The molecule has 0 aromatic carbocycles. The average molecular weight is 382 g/mol. The Balaban J connectivity index is 2.32. The fraction of sp³-hybridized carbons (Fsp3) is 0.870. The van der Waals surface area contributed by atoms with E-state index in [1.165, 1.54) is 57.8 Å². The van der Waals surface area contributed by atoms with Gasteiger partial charge >= 0.3 is 0 Å². The highest BCUT2D eigenvalue weighted by Crippen LogP contribution is 2.30. The van der Waals surface area contributed by atoms with Crippen molar-refractivity contribution in [3.63, 3.8) is 0 Å². The van der Waals surface area contributed by atoms with Crippen molar-refractivity contribution in [3.8, 4) is 0 Å². The lowest BCUT2D eigenvalue weighted by atomic mass is 10.00. The van der Waals surface area contributed by atoms with E-state index in [9.17, 15) is 4.79 Å². The fourth-order valence-corrected chi connectivity index (χ4v) is 4.30. The number of carbonyl (C=O) groups excluding carboxylic acids is 1. The second-order valence-corrected chi connectivity index (χ2v) is 7.96. The van der Waals surface area contributed by atoms with Gasteiger partial charge in [0, 0.05) is 14.0 Å². The van der Waals surface area contributed by atoms with Crippen LogP contribution in [-0.2, 0) is 14.3 Å². The molecule has 1 rings (SSSR count). The maximum absolute atomic E-state index is 12.1. The number of likely N-dealkylation sites (tertiary alicyclic amines) is 1. The molecule has 3 atom stereocenters. The molecule has 4 heteroatoms. The van der Waals surface area contributed by atoms with Gasteiger partial charge in [0.05, 0.1) is 18.2 Å². The van der Waals surface area contributed by atoms with Gasteiger partial charge in [-0.05, 0) is 19.3 Å². The normalized spacial score (nSPS) is 20.8. The van der Waals surface area contributed by atoms with E-state index in [-0.39, 0.29) is 24.1 Å². The van der Waals surface area contributed by atoms with E-state index in [4.69, 9.17) is 9.47 Å². The summed E-state index contributed by atoms with van der Waals surface area (Å²) in [5, 5.41) is 0. The molecule has 0 spiro atoms. The summed E-state index contributed by atoms with van der Waals surface area (Å²) in [6.07, 6.45) is 18.2. The smallest absolute Gasteiger partial charge is 0.220 e. The van der Waals surface area contributed by atoms with Crippen molar-refractivity contribution in [2.75, 3.05) is 13.9 Å². The van der Waals surface area contributed by atoms with E-state index in [1.807, 2.05) is 11.0 Å². The van der Waals surface area contributed by atoms with Crippen LogP contribution in [0.3, 0.4) is 0 Å². The minimum absolute atomic E-state index is 0.0628. The van der Waals surface area contributed by atoms with Gasteiger partial charge in [-0.15, -0.1) is 6.58 Å². The fourth-order valence-electron chi connectivity index (χ4n) is 4.30. The highest BCUT2D eigenvalue weighted by atomic mass is 16.7. The maximum Gasteiger partial charge on any atom is 0.220 e. The number of ether oxygens (including phenoxy) is 2. The van der Waals surface area contributed by atoms with Gasteiger partial charge in [0.1, 0.15) is 6.79 Å². The summed E-state index contributed by atoms with van der Waals surface area (Å²) < 4.78 is 11.1. The summed E-state index contributed by atoms with van der Waals surface area (Å²) in [7, 11) is 1.65. The van der Waals surface area contributed by atoms with Crippen molar-refractivity contribution in [1.29, 1.82) is 0 Å². The highest BCUT2D eigenvalue weighted by molar-refractivity contribution is 5.74. The molecular formula is C23H43NO3. The van der Waals surface area contributed by atoms with Crippen LogP contribution in [0.2, 0.25) is 0 Å². The van der Waals surface area contributed by atoms with Gasteiger partial charge < -0.3 is 14.4 Å². The lowest BCUT2D eigenvalue weighted by Crippen LogP contribution is -2.46. The standard InChI is InChI=1S/C23H43NO3/c1-5-7-8-9-10-11-12-13-14-15-16-23(27-19-26-4)22-18-17-21(6-2)24(22)20(3)25/h6,21-23H,2,5,7-19H2,1,3-4H3/t21-,22-,23-/m1/s1. The second-order valence-electron chi connectivity index (χ2n) is 7.96. The van der Waals surface area contributed by atoms with Gasteiger partial charge in [0.15, 0.2) is 0 Å². The quantitative estimate of drug-likeness (QED) is 0.191. The molecule has 0 aromatic rings. The van der Waals surface area contributed by atoms with Gasteiger partial charge in [-0.2, -0.15) is 0 Å². The van der Waals surface area contributed by atoms with E-state index in [0.29, 0.717) is 6.79 Å². The Labute approximate surface area is 167 Å². The first-order valence-electron chi connectivity index (χ1n) is 11.2. The third kappa shape index (κ3) is 9.25. The summed E-state index contributed by atoms with van der Waals surface area (Å²) in [6.45, 7) is 8.12. The highest BCUT2D eigenvalue weighted by Gasteiger charge is 2.38. The number of carbonyl (C=O) groups is 1. The van der Waals surface area contributed by atoms with Crippen molar-refractivity contribution in [3.05, 3.63) is 12.7 Å². The summed E-state index contributed by atoms with van der Waals surface area (Å²) >= 11 is 0. The maximum atomic E-state index is 12.1. The van der Waals surface area contributed by atoms with Crippen LogP contribution in [0.1, 0.15) is 97.3 Å². The van der Waals surface area contributed by atoms with Gasteiger partial charge in [0.2, 0.25) is 5.91 Å². The first-order valence-corrected chi connectivity index (χ1v) is 11.2. The lowest BCUT2D eigenvalue weighted by molar-refractivity contribution is -0.139. The Kier molecular flexibility index (Phi) is 13.5. The van der Waals surface area contributed by atoms with E-state index in [2.05, 4.69) is 13.5 Å². The van der Waals surface area contributed by atoms with Crippen LogP contribution in [0.25, 0.3) is 0 Å². The SMILES string of the molecule is C=C[C@@H]1CC[C@H]([C@@H](CCCCCCCCCCCC)OCOC)N1C(C)=O. The van der Waals surface area contributed by atoms with Crippen LogP contribution in [-0.4, -0.2) is 42.9 Å². The monoisotopic (exact) mass is 381 g/mol. The van der Waals surface area contributed by atoms with Gasteiger partial charge in [0.25, 0.3) is 0 Å². The van der Waals surface area contributed by atoms with E-state index >= 15 is 0 Å². The molecule has 27 heavy (non-hydrogen) atoms. The largest absolute Gasteiger partial charge is 0.359 e. The van der Waals surface area contributed by atoms with Crippen LogP contribution < -0.4 is 0 Å². The lowest BCUT2D eigenvalue weighted by Gasteiger charge is -2.33. The third-order valence-corrected chi connectivity index (χ3v) is 5.78. The van der Waals surface area contributed by atoms with Crippen molar-refractivity contribution >= 4 is 5.91 Å². The van der Waals surface area contributed by atoms with Crippen molar-refractivity contribution in [2.24, 2.45) is 0 Å². The molecule has 0 radical (unpaired) electrons. The molecule has 1 fully saturated rings. The van der Waals surface area contributed by atoms with Crippen LogP contribution in [0.4, 0.5) is 0 Å². The molecule has 0 unspecified atom stereocenters. The summed E-state index contributed by atoms with van der Waals surface area (Å²) in [5.41, 5.74) is 0. The van der Waals surface area contributed by atoms with Gasteiger partial charge in [-0.3, -0.25) is 4.79 Å². The topological polar surface area (TPSA) is 38.8 Å². The number of hydrogen-bond donors (Lipinski definition) is 0. The molecule has 1 amide bonds. The minimum atomic E-state index is 0.0628. The summed E-state index contributed by atoms with van der Waals surface area (Å²) in [5.74, 6) is 0.122. The number of methoxy groups -OCH3 is 1. The molecule has 158 valence electrons. The molecule has 1 saturated heterocycles. The Hall–Kier alpha value is -0.870. The molecule has 1 aliphatic rings. The van der Waals surface area contributed by atoms with Crippen LogP contribution in [0.5, 0.6) is 0 Å². The van der Waals surface area contributed by atoms with Gasteiger partial charge in [-0.1, -0.05) is 77.2 Å². The van der Waals surface area contributed by atoms with E-state index < -0.39 is 0 Å². The predicted octanol–water partition coefficient (Wildman–Crippen LogP) is 5.85. The molecule has 0 N–H and O–H groups in total. The Morgan fingerprint density at radius 3 is 2.19 bits per heavy atom. The predicted molar refractivity (Wildman–Crippen MR) is 113 cm³/mol. The Morgan fingerprint density at radius 2 is 1.67 bits per heavy atom. The molecule has 0 aliphatic carbocycles. The van der Waals surface area contributed by atoms with Crippen molar-refractivity contribution in [2.45, 2.75) is 116 Å². The number of nitrogens with zero attached hydrogens (tertiary/aromatic N) is 1. The van der Waals surface area contributed by atoms with Crippen molar-refractivity contribution in [1.82, 2.24) is 4.90 Å². The number of unbranched alkanes of at least 4 members (excludes halogenated alkanes) is 9. The zero-order chi connectivity index (χ0) is 19.9. The van der Waals surface area contributed by atoms with Crippen LogP contribution in [0, 0.1) is 0 Å². The van der Waals surface area contributed by atoms with E-state index in [1.54, 1.807) is 14.0 Å². The zero-order valence-electron chi connectivity index (χ0n) is 18.1. The first kappa shape index (κ1) is 24.2. The summed E-state index contributed by atoms with van der Waals surface area (Å²) in [4.78, 5) is 14.1. The molecular weight excluding hydrogens is 338 g/mol. The number of hydrogen-bond acceptors (Lipinski definition) is 3. The molecule has 0 aromatic heterocycles. The Morgan fingerprint density at radius 1 is 1.07 bits per heavy atom. The average Bonchev–Trinajstić information content (AvgIpc) is 3.10. The Bertz CT molecular complexity index is 399. The molecule has 1 heterocycles. The third-order valence-electron chi connectivity index (χ3n) is 5.78. The van der Waals surface area contributed by atoms with E-state index in [0.717, 1.165) is 25.7 Å². The van der Waals surface area contributed by atoms with Crippen molar-refractivity contribution < 1.29 is 14.3 Å². The first-order chi connectivity index (χ1) is 13.2. The minimum Gasteiger partial charge on any atom is -0.359 e. The molecule has 0 saturated carbocycles. The molecule has 1 aliphatic heterocycles. The number of amides is 1.